The molecule has 27 heavy (non-hydrogen) atoms. The smallest absolute Gasteiger partial charge is 0.319 e. The SMILES string of the molecule is CC[C@H](C)NC(=O)Nc1cccc(-c2noc(-c3ccc(C)cc3C)n2)c1. The molecule has 3 rings (SSSR count). The minimum Gasteiger partial charge on any atom is -0.335 e. The third-order valence-electron chi connectivity index (χ3n) is 4.41. The Bertz CT molecular complexity index is 949. The number of hydrogen-bond acceptors (Lipinski definition) is 4. The number of rotatable bonds is 5. The summed E-state index contributed by atoms with van der Waals surface area (Å²) in [7, 11) is 0. The Morgan fingerprint density at radius 2 is 2.00 bits per heavy atom. The summed E-state index contributed by atoms with van der Waals surface area (Å²) in [5.74, 6) is 0.964. The van der Waals surface area contributed by atoms with Gasteiger partial charge in [0.15, 0.2) is 0 Å². The van der Waals surface area contributed by atoms with Crippen molar-refractivity contribution in [2.75, 3.05) is 5.32 Å². The molecule has 2 N–H and O–H groups in total. The van der Waals surface area contributed by atoms with E-state index in [0.717, 1.165) is 23.1 Å². The molecule has 0 aliphatic carbocycles. The number of aromatic nitrogens is 2. The molecule has 1 atom stereocenters. The maximum atomic E-state index is 12.0. The Morgan fingerprint density at radius 3 is 2.74 bits per heavy atom. The van der Waals surface area contributed by atoms with Gasteiger partial charge < -0.3 is 15.2 Å². The van der Waals surface area contributed by atoms with Crippen LogP contribution in [-0.2, 0) is 0 Å². The highest BCUT2D eigenvalue weighted by atomic mass is 16.5. The topological polar surface area (TPSA) is 80.0 Å². The first-order valence-electron chi connectivity index (χ1n) is 9.05. The van der Waals surface area contributed by atoms with Gasteiger partial charge in [-0.15, -0.1) is 0 Å². The normalized spacial score (nSPS) is 11.9. The number of hydrogen-bond donors (Lipinski definition) is 2. The Hall–Kier alpha value is -3.15. The van der Waals surface area contributed by atoms with Gasteiger partial charge in [-0.3, -0.25) is 0 Å². The highest BCUT2D eigenvalue weighted by molar-refractivity contribution is 5.90. The van der Waals surface area contributed by atoms with E-state index in [1.165, 1.54) is 5.56 Å². The number of anilines is 1. The van der Waals surface area contributed by atoms with Crippen LogP contribution >= 0.6 is 0 Å². The van der Waals surface area contributed by atoms with Crippen molar-refractivity contribution < 1.29 is 9.32 Å². The van der Waals surface area contributed by atoms with Crippen molar-refractivity contribution in [1.29, 1.82) is 0 Å². The van der Waals surface area contributed by atoms with Crippen molar-refractivity contribution in [2.24, 2.45) is 0 Å². The summed E-state index contributed by atoms with van der Waals surface area (Å²) in [6.07, 6.45) is 0.873. The molecule has 0 radical (unpaired) electrons. The van der Waals surface area contributed by atoms with E-state index in [9.17, 15) is 4.79 Å². The van der Waals surface area contributed by atoms with Crippen LogP contribution in [0.1, 0.15) is 31.4 Å². The third kappa shape index (κ3) is 4.53. The number of aryl methyl sites for hydroxylation is 2. The molecule has 6 nitrogen and oxygen atoms in total. The monoisotopic (exact) mass is 364 g/mol. The Balaban J connectivity index is 1.79. The van der Waals surface area contributed by atoms with Crippen LogP contribution in [0, 0.1) is 13.8 Å². The van der Waals surface area contributed by atoms with Crippen molar-refractivity contribution >= 4 is 11.7 Å². The Labute approximate surface area is 159 Å². The number of carbonyl (C=O) groups excluding carboxylic acids is 1. The average Bonchev–Trinajstić information content (AvgIpc) is 3.11. The molecule has 0 aliphatic heterocycles. The van der Waals surface area contributed by atoms with Crippen LogP contribution in [0.2, 0.25) is 0 Å². The standard InChI is InChI=1S/C21H24N4O2/c1-5-15(4)22-21(26)23-17-8-6-7-16(12-17)19-24-20(27-25-19)18-10-9-13(2)11-14(18)3/h6-12,15H,5H2,1-4H3,(H2,22,23,26)/t15-/m0/s1. The van der Waals surface area contributed by atoms with E-state index in [0.29, 0.717) is 17.4 Å². The highest BCUT2D eigenvalue weighted by Crippen LogP contribution is 2.26. The maximum Gasteiger partial charge on any atom is 0.319 e. The van der Waals surface area contributed by atoms with E-state index < -0.39 is 0 Å². The lowest BCUT2D eigenvalue weighted by molar-refractivity contribution is 0.249. The van der Waals surface area contributed by atoms with Crippen LogP contribution in [-0.4, -0.2) is 22.2 Å². The van der Waals surface area contributed by atoms with Gasteiger partial charge in [0.1, 0.15) is 0 Å². The van der Waals surface area contributed by atoms with Gasteiger partial charge in [-0.1, -0.05) is 41.9 Å². The summed E-state index contributed by atoms with van der Waals surface area (Å²) in [5.41, 5.74) is 4.64. The molecule has 0 unspecified atom stereocenters. The molecule has 3 aromatic rings. The summed E-state index contributed by atoms with van der Waals surface area (Å²) in [6.45, 7) is 8.05. The summed E-state index contributed by atoms with van der Waals surface area (Å²) in [6, 6.07) is 13.4. The van der Waals surface area contributed by atoms with Crippen molar-refractivity contribution in [3.8, 4) is 22.8 Å². The fourth-order valence-electron chi connectivity index (χ4n) is 2.73. The van der Waals surface area contributed by atoms with E-state index in [2.05, 4.69) is 26.8 Å². The lowest BCUT2D eigenvalue weighted by Gasteiger charge is -2.12. The zero-order valence-corrected chi connectivity index (χ0v) is 16.0. The zero-order chi connectivity index (χ0) is 19.4. The van der Waals surface area contributed by atoms with Crippen molar-refractivity contribution in [2.45, 2.75) is 40.2 Å². The second kappa shape index (κ2) is 8.03. The van der Waals surface area contributed by atoms with E-state index in [-0.39, 0.29) is 12.1 Å². The van der Waals surface area contributed by atoms with Gasteiger partial charge in [0.2, 0.25) is 5.82 Å². The first-order valence-corrected chi connectivity index (χ1v) is 9.05. The lowest BCUT2D eigenvalue weighted by Crippen LogP contribution is -2.35. The fraction of sp³-hybridized carbons (Fsp3) is 0.286. The first-order chi connectivity index (χ1) is 13.0. The number of amides is 2. The second-order valence-corrected chi connectivity index (χ2v) is 6.73. The molecule has 140 valence electrons. The molecule has 0 saturated heterocycles. The highest BCUT2D eigenvalue weighted by Gasteiger charge is 2.13. The molecule has 0 aliphatic rings. The van der Waals surface area contributed by atoms with Crippen molar-refractivity contribution in [3.05, 3.63) is 53.6 Å². The van der Waals surface area contributed by atoms with Gasteiger partial charge >= 0.3 is 6.03 Å². The summed E-state index contributed by atoms with van der Waals surface area (Å²) < 4.78 is 5.45. The van der Waals surface area contributed by atoms with Gasteiger partial charge in [0, 0.05) is 22.9 Å². The Morgan fingerprint density at radius 1 is 1.19 bits per heavy atom. The number of urea groups is 1. The van der Waals surface area contributed by atoms with E-state index in [1.54, 1.807) is 0 Å². The predicted octanol–water partition coefficient (Wildman–Crippen LogP) is 4.94. The number of nitrogens with one attached hydrogen (secondary N) is 2. The van der Waals surface area contributed by atoms with Gasteiger partial charge in [-0.05, 0) is 51.0 Å². The molecule has 0 saturated carbocycles. The van der Waals surface area contributed by atoms with Gasteiger partial charge in [0.25, 0.3) is 5.89 Å². The molecule has 6 heteroatoms. The van der Waals surface area contributed by atoms with Crippen LogP contribution in [0.5, 0.6) is 0 Å². The first kappa shape index (κ1) is 18.6. The van der Waals surface area contributed by atoms with Crippen molar-refractivity contribution in [1.82, 2.24) is 15.5 Å². The molecule has 2 amide bonds. The molecule has 0 bridgehead atoms. The molecular formula is C21H24N4O2. The maximum absolute atomic E-state index is 12.0. The largest absolute Gasteiger partial charge is 0.335 e. The Kier molecular flexibility index (Phi) is 5.54. The second-order valence-electron chi connectivity index (χ2n) is 6.73. The van der Waals surface area contributed by atoms with Crippen molar-refractivity contribution in [3.63, 3.8) is 0 Å². The molecule has 2 aromatic carbocycles. The minimum absolute atomic E-state index is 0.116. The third-order valence-corrected chi connectivity index (χ3v) is 4.41. The predicted molar refractivity (Wildman–Crippen MR) is 107 cm³/mol. The number of carbonyl (C=O) groups is 1. The zero-order valence-electron chi connectivity index (χ0n) is 16.0. The molecule has 1 heterocycles. The number of benzene rings is 2. The molecule has 0 spiro atoms. The van der Waals surface area contributed by atoms with Gasteiger partial charge in [0.05, 0.1) is 0 Å². The van der Waals surface area contributed by atoms with Gasteiger partial charge in [-0.2, -0.15) is 4.98 Å². The minimum atomic E-state index is -0.231. The molecule has 1 aromatic heterocycles. The lowest BCUT2D eigenvalue weighted by atomic mass is 10.1. The van der Waals surface area contributed by atoms with Crippen LogP contribution in [0.3, 0.4) is 0 Å². The molecule has 0 fully saturated rings. The summed E-state index contributed by atoms with van der Waals surface area (Å²) in [5, 5.41) is 9.80. The van der Waals surface area contributed by atoms with E-state index in [4.69, 9.17) is 4.52 Å². The quantitative estimate of drug-likeness (QED) is 0.672. The van der Waals surface area contributed by atoms with Gasteiger partial charge in [-0.25, -0.2) is 4.79 Å². The van der Waals surface area contributed by atoms with E-state index in [1.807, 2.05) is 64.1 Å². The van der Waals surface area contributed by atoms with Crippen LogP contribution in [0.4, 0.5) is 10.5 Å². The van der Waals surface area contributed by atoms with Crippen LogP contribution in [0.25, 0.3) is 22.8 Å². The van der Waals surface area contributed by atoms with Crippen LogP contribution < -0.4 is 10.6 Å². The van der Waals surface area contributed by atoms with E-state index >= 15 is 0 Å². The summed E-state index contributed by atoms with van der Waals surface area (Å²) >= 11 is 0. The number of nitrogens with zero attached hydrogens (tertiary/aromatic N) is 2. The fourth-order valence-corrected chi connectivity index (χ4v) is 2.73. The average molecular weight is 364 g/mol. The summed E-state index contributed by atoms with van der Waals surface area (Å²) in [4.78, 5) is 16.5. The van der Waals surface area contributed by atoms with Crippen LogP contribution in [0.15, 0.2) is 47.0 Å². The molecular weight excluding hydrogens is 340 g/mol.